The first-order valence-electron chi connectivity index (χ1n) is 10.1. The van der Waals surface area contributed by atoms with Crippen molar-refractivity contribution in [1.82, 2.24) is 0 Å². The summed E-state index contributed by atoms with van der Waals surface area (Å²) in [6.07, 6.45) is 7.82. The second kappa shape index (κ2) is 14.5. The molecule has 0 fully saturated rings. The van der Waals surface area contributed by atoms with E-state index in [1.54, 1.807) is 0 Å². The molecular weight excluding hydrogens is 384 g/mol. The van der Waals surface area contributed by atoms with Gasteiger partial charge in [0.1, 0.15) is 0 Å². The second-order valence-electron chi connectivity index (χ2n) is 6.91. The number of rotatable bonds is 13. The van der Waals surface area contributed by atoms with Gasteiger partial charge in [-0.15, -0.1) is 0 Å². The Labute approximate surface area is 177 Å². The molecule has 2 aromatic carbocycles. The van der Waals surface area contributed by atoms with Crippen LogP contribution in [-0.4, -0.2) is 10.2 Å². The van der Waals surface area contributed by atoms with Crippen LogP contribution in [0.1, 0.15) is 62.5 Å². The van der Waals surface area contributed by atoms with Crippen molar-refractivity contribution >= 4 is 33.8 Å². The summed E-state index contributed by atoms with van der Waals surface area (Å²) in [5.41, 5.74) is 2.41. The van der Waals surface area contributed by atoms with E-state index in [0.717, 1.165) is 50.0 Å². The Kier molecular flexibility index (Phi) is 11.8. The van der Waals surface area contributed by atoms with Crippen molar-refractivity contribution in [2.75, 3.05) is 0 Å². The Morgan fingerprint density at radius 3 is 1.29 bits per heavy atom. The molecule has 2 aromatic rings. The van der Waals surface area contributed by atoms with E-state index >= 15 is 0 Å². The standard InChI is InChI=1S/C24H30O2S2/c25-23(27-19-21-13-7-5-8-14-21)17-11-3-1-2-4-12-18-24(26)28-20-22-15-9-6-10-16-22/h5-10,13-16H,1-4,11-12,17-20H2. The molecule has 0 unspecified atom stereocenters. The summed E-state index contributed by atoms with van der Waals surface area (Å²) < 4.78 is 0. The van der Waals surface area contributed by atoms with Gasteiger partial charge in [-0.05, 0) is 24.0 Å². The van der Waals surface area contributed by atoms with Gasteiger partial charge in [-0.1, -0.05) is 110 Å². The predicted octanol–water partition coefficient (Wildman–Crippen LogP) is 7.03. The molecule has 0 aliphatic heterocycles. The molecule has 0 atom stereocenters. The fourth-order valence-corrected chi connectivity index (χ4v) is 4.48. The zero-order valence-electron chi connectivity index (χ0n) is 16.5. The van der Waals surface area contributed by atoms with Crippen LogP contribution in [0.3, 0.4) is 0 Å². The highest BCUT2D eigenvalue weighted by atomic mass is 32.2. The van der Waals surface area contributed by atoms with E-state index in [0.29, 0.717) is 23.1 Å². The minimum atomic E-state index is 0.296. The van der Waals surface area contributed by atoms with Gasteiger partial charge in [0.05, 0.1) is 0 Å². The van der Waals surface area contributed by atoms with Crippen molar-refractivity contribution in [1.29, 1.82) is 0 Å². The molecule has 0 heterocycles. The van der Waals surface area contributed by atoms with E-state index < -0.39 is 0 Å². The van der Waals surface area contributed by atoms with Crippen LogP contribution in [0.5, 0.6) is 0 Å². The Hall–Kier alpha value is -1.52. The Bertz CT molecular complexity index is 625. The van der Waals surface area contributed by atoms with Gasteiger partial charge < -0.3 is 0 Å². The van der Waals surface area contributed by atoms with Crippen LogP contribution in [0.15, 0.2) is 60.7 Å². The molecule has 0 spiro atoms. The van der Waals surface area contributed by atoms with Crippen LogP contribution < -0.4 is 0 Å². The largest absolute Gasteiger partial charge is 0.287 e. The van der Waals surface area contributed by atoms with Gasteiger partial charge in [-0.2, -0.15) is 0 Å². The lowest BCUT2D eigenvalue weighted by Crippen LogP contribution is -1.94. The van der Waals surface area contributed by atoms with Crippen LogP contribution in [0.4, 0.5) is 0 Å². The Balaban J connectivity index is 1.39. The number of benzene rings is 2. The summed E-state index contributed by atoms with van der Waals surface area (Å²) in [5, 5.41) is 0.592. The summed E-state index contributed by atoms with van der Waals surface area (Å²) in [7, 11) is 0. The maximum atomic E-state index is 11.9. The van der Waals surface area contributed by atoms with Crippen LogP contribution in [0.2, 0.25) is 0 Å². The molecule has 0 aromatic heterocycles. The normalized spacial score (nSPS) is 10.7. The van der Waals surface area contributed by atoms with Crippen LogP contribution in [-0.2, 0) is 21.1 Å². The molecular formula is C24H30O2S2. The number of hydrogen-bond acceptors (Lipinski definition) is 4. The maximum Gasteiger partial charge on any atom is 0.189 e. The number of carbonyl (C=O) groups is 2. The average molecular weight is 415 g/mol. The first-order valence-corrected chi connectivity index (χ1v) is 12.1. The average Bonchev–Trinajstić information content (AvgIpc) is 2.74. The third-order valence-electron chi connectivity index (χ3n) is 4.50. The van der Waals surface area contributed by atoms with Gasteiger partial charge in [0.15, 0.2) is 10.2 Å². The molecule has 28 heavy (non-hydrogen) atoms. The highest BCUT2D eigenvalue weighted by Gasteiger charge is 2.05. The van der Waals surface area contributed by atoms with E-state index in [1.165, 1.54) is 34.7 Å². The fourth-order valence-electron chi connectivity index (χ4n) is 2.87. The molecule has 0 N–H and O–H groups in total. The van der Waals surface area contributed by atoms with E-state index in [2.05, 4.69) is 24.3 Å². The Morgan fingerprint density at radius 1 is 0.536 bits per heavy atom. The zero-order valence-corrected chi connectivity index (χ0v) is 18.1. The van der Waals surface area contributed by atoms with Crippen molar-refractivity contribution in [2.45, 2.75) is 62.9 Å². The molecule has 4 heteroatoms. The lowest BCUT2D eigenvalue weighted by atomic mass is 10.1. The van der Waals surface area contributed by atoms with E-state index in [9.17, 15) is 9.59 Å². The van der Waals surface area contributed by atoms with Crippen LogP contribution >= 0.6 is 23.5 Å². The highest BCUT2D eigenvalue weighted by molar-refractivity contribution is 8.13. The molecule has 0 radical (unpaired) electrons. The molecule has 0 saturated carbocycles. The summed E-state index contributed by atoms with van der Waals surface area (Å²) in [6, 6.07) is 20.3. The number of carbonyl (C=O) groups excluding carboxylic acids is 2. The Morgan fingerprint density at radius 2 is 0.893 bits per heavy atom. The first-order chi connectivity index (χ1) is 13.7. The molecule has 0 bridgehead atoms. The van der Waals surface area contributed by atoms with Gasteiger partial charge in [0.2, 0.25) is 0 Å². The molecule has 0 saturated heterocycles. The SMILES string of the molecule is O=C(CCCCCCCCC(=O)SCc1ccccc1)SCc1ccccc1. The van der Waals surface area contributed by atoms with Crippen molar-refractivity contribution in [2.24, 2.45) is 0 Å². The van der Waals surface area contributed by atoms with Crippen LogP contribution in [0.25, 0.3) is 0 Å². The lowest BCUT2D eigenvalue weighted by molar-refractivity contribution is -0.111. The molecule has 2 rings (SSSR count). The molecule has 0 amide bonds. The summed E-state index contributed by atoms with van der Waals surface area (Å²) in [4.78, 5) is 23.8. The van der Waals surface area contributed by atoms with Gasteiger partial charge in [0, 0.05) is 24.3 Å². The summed E-state index contributed by atoms with van der Waals surface area (Å²) in [6.45, 7) is 0. The highest BCUT2D eigenvalue weighted by Crippen LogP contribution is 2.18. The second-order valence-corrected chi connectivity index (χ2v) is 8.98. The number of hydrogen-bond donors (Lipinski definition) is 0. The third kappa shape index (κ3) is 10.7. The quantitative estimate of drug-likeness (QED) is 0.330. The van der Waals surface area contributed by atoms with Gasteiger partial charge in [-0.3, -0.25) is 9.59 Å². The van der Waals surface area contributed by atoms with Crippen molar-refractivity contribution in [3.63, 3.8) is 0 Å². The van der Waals surface area contributed by atoms with Crippen LogP contribution in [0, 0.1) is 0 Å². The van der Waals surface area contributed by atoms with E-state index in [1.807, 2.05) is 36.4 Å². The number of thioether (sulfide) groups is 2. The van der Waals surface area contributed by atoms with Gasteiger partial charge in [-0.25, -0.2) is 0 Å². The van der Waals surface area contributed by atoms with E-state index in [-0.39, 0.29) is 0 Å². The molecule has 0 aliphatic rings. The van der Waals surface area contributed by atoms with Crippen molar-refractivity contribution < 1.29 is 9.59 Å². The van der Waals surface area contributed by atoms with Crippen molar-refractivity contribution in [3.8, 4) is 0 Å². The van der Waals surface area contributed by atoms with Gasteiger partial charge >= 0.3 is 0 Å². The monoisotopic (exact) mass is 414 g/mol. The predicted molar refractivity (Wildman–Crippen MR) is 122 cm³/mol. The fraction of sp³-hybridized carbons (Fsp3) is 0.417. The molecule has 0 aliphatic carbocycles. The van der Waals surface area contributed by atoms with E-state index in [4.69, 9.17) is 0 Å². The zero-order chi connectivity index (χ0) is 19.9. The maximum absolute atomic E-state index is 11.9. The molecule has 150 valence electrons. The topological polar surface area (TPSA) is 34.1 Å². The molecule has 2 nitrogen and oxygen atoms in total. The minimum Gasteiger partial charge on any atom is -0.287 e. The summed E-state index contributed by atoms with van der Waals surface area (Å²) in [5.74, 6) is 1.55. The third-order valence-corrected chi connectivity index (χ3v) is 6.50. The minimum absolute atomic E-state index is 0.296. The smallest absolute Gasteiger partial charge is 0.189 e. The number of unbranched alkanes of at least 4 members (excludes halogenated alkanes) is 5. The van der Waals surface area contributed by atoms with Gasteiger partial charge in [0.25, 0.3) is 0 Å². The first kappa shape index (κ1) is 22.8. The lowest BCUT2D eigenvalue weighted by Gasteiger charge is -2.03. The van der Waals surface area contributed by atoms with Crippen molar-refractivity contribution in [3.05, 3.63) is 71.8 Å². The summed E-state index contributed by atoms with van der Waals surface area (Å²) >= 11 is 2.86.